The van der Waals surface area contributed by atoms with E-state index in [1.54, 1.807) is 0 Å². The summed E-state index contributed by atoms with van der Waals surface area (Å²) in [5.74, 6) is 0. The maximum absolute atomic E-state index is 2.45. The summed E-state index contributed by atoms with van der Waals surface area (Å²) in [6.45, 7) is 6.64. The minimum absolute atomic E-state index is 0.115. The number of unbranched alkanes of at least 4 members (excludes halogenated alkanes) is 1. The molecule has 2 aromatic carbocycles. The van der Waals surface area contributed by atoms with E-state index in [4.69, 9.17) is 0 Å². The Morgan fingerprint density at radius 2 is 1.52 bits per heavy atom. The molecule has 0 spiro atoms. The molecule has 0 heteroatoms. The SMILES string of the molecule is CC=CC1(C=CCCC)C=CC(C)(c2ccccc2)C=C1c1ccccc1. The van der Waals surface area contributed by atoms with Crippen LogP contribution in [-0.2, 0) is 5.41 Å². The average molecular weight is 355 g/mol. The zero-order valence-corrected chi connectivity index (χ0v) is 16.7. The van der Waals surface area contributed by atoms with Crippen molar-refractivity contribution in [1.82, 2.24) is 0 Å². The smallest absolute Gasteiger partial charge is 0.0496 e. The van der Waals surface area contributed by atoms with Crippen LogP contribution in [0.3, 0.4) is 0 Å². The molecule has 0 saturated heterocycles. The summed E-state index contributed by atoms with van der Waals surface area (Å²) < 4.78 is 0. The van der Waals surface area contributed by atoms with Gasteiger partial charge in [-0.2, -0.15) is 0 Å². The second-order valence-electron chi connectivity index (χ2n) is 7.53. The first kappa shape index (κ1) is 19.2. The largest absolute Gasteiger partial charge is 0.0901 e. The number of allylic oxidation sites excluding steroid dienone is 8. The zero-order chi connectivity index (χ0) is 19.2. The molecule has 0 heterocycles. The molecule has 0 amide bonds. The zero-order valence-electron chi connectivity index (χ0n) is 16.7. The summed E-state index contributed by atoms with van der Waals surface area (Å²) in [5.41, 5.74) is 3.64. The fourth-order valence-corrected chi connectivity index (χ4v) is 3.87. The van der Waals surface area contributed by atoms with Crippen LogP contribution < -0.4 is 0 Å². The summed E-state index contributed by atoms with van der Waals surface area (Å²) in [5, 5.41) is 0. The van der Waals surface area contributed by atoms with Crippen molar-refractivity contribution in [3.63, 3.8) is 0 Å². The topological polar surface area (TPSA) is 0 Å². The highest BCUT2D eigenvalue weighted by Crippen LogP contribution is 2.47. The van der Waals surface area contributed by atoms with Gasteiger partial charge in [-0.15, -0.1) is 0 Å². The van der Waals surface area contributed by atoms with Crippen LogP contribution in [0.25, 0.3) is 5.57 Å². The van der Waals surface area contributed by atoms with Crippen LogP contribution in [0.1, 0.15) is 44.7 Å². The number of hydrogen-bond donors (Lipinski definition) is 0. The van der Waals surface area contributed by atoms with Crippen LogP contribution in [-0.4, -0.2) is 0 Å². The summed E-state index contributed by atoms with van der Waals surface area (Å²) in [7, 11) is 0. The summed E-state index contributed by atoms with van der Waals surface area (Å²) in [6, 6.07) is 21.6. The average Bonchev–Trinajstić information content (AvgIpc) is 2.72. The van der Waals surface area contributed by atoms with Crippen LogP contribution in [0, 0.1) is 5.41 Å². The number of hydrogen-bond acceptors (Lipinski definition) is 0. The van der Waals surface area contributed by atoms with E-state index in [1.165, 1.54) is 16.7 Å². The Hall–Kier alpha value is -2.60. The molecule has 2 unspecified atom stereocenters. The van der Waals surface area contributed by atoms with E-state index in [2.05, 4.69) is 124 Å². The molecular weight excluding hydrogens is 324 g/mol. The lowest BCUT2D eigenvalue weighted by molar-refractivity contribution is 0.696. The molecule has 27 heavy (non-hydrogen) atoms. The molecule has 0 aliphatic heterocycles. The molecule has 0 fully saturated rings. The lowest BCUT2D eigenvalue weighted by Crippen LogP contribution is -2.27. The quantitative estimate of drug-likeness (QED) is 0.471. The van der Waals surface area contributed by atoms with Gasteiger partial charge in [0.25, 0.3) is 0 Å². The highest BCUT2D eigenvalue weighted by Gasteiger charge is 2.35. The van der Waals surface area contributed by atoms with Crippen molar-refractivity contribution >= 4 is 5.57 Å². The van der Waals surface area contributed by atoms with Gasteiger partial charge < -0.3 is 0 Å². The fraction of sp³-hybridized carbons (Fsp3) is 0.259. The molecule has 2 atom stereocenters. The van der Waals surface area contributed by atoms with Gasteiger partial charge in [-0.1, -0.05) is 117 Å². The minimum Gasteiger partial charge on any atom is -0.0901 e. The molecule has 1 aliphatic carbocycles. The second-order valence-corrected chi connectivity index (χ2v) is 7.53. The lowest BCUT2D eigenvalue weighted by atomic mass is 9.66. The van der Waals surface area contributed by atoms with Gasteiger partial charge in [-0.25, -0.2) is 0 Å². The Kier molecular flexibility index (Phi) is 5.96. The maximum Gasteiger partial charge on any atom is 0.0496 e. The van der Waals surface area contributed by atoms with E-state index in [9.17, 15) is 0 Å². The summed E-state index contributed by atoms with van der Waals surface area (Å²) >= 11 is 0. The molecule has 0 saturated carbocycles. The molecule has 0 nitrogen and oxygen atoms in total. The Morgan fingerprint density at radius 1 is 0.852 bits per heavy atom. The van der Waals surface area contributed by atoms with Gasteiger partial charge in [0.05, 0.1) is 0 Å². The third-order valence-corrected chi connectivity index (χ3v) is 5.39. The summed E-state index contributed by atoms with van der Waals surface area (Å²) in [4.78, 5) is 0. The van der Waals surface area contributed by atoms with Crippen molar-refractivity contribution in [1.29, 1.82) is 0 Å². The third kappa shape index (κ3) is 4.06. The first-order valence-electron chi connectivity index (χ1n) is 10.00. The van der Waals surface area contributed by atoms with E-state index < -0.39 is 0 Å². The molecule has 0 radical (unpaired) electrons. The van der Waals surface area contributed by atoms with E-state index in [1.807, 2.05) is 0 Å². The van der Waals surface area contributed by atoms with Gasteiger partial charge in [-0.3, -0.25) is 0 Å². The predicted octanol–water partition coefficient (Wildman–Crippen LogP) is 7.52. The van der Waals surface area contributed by atoms with E-state index >= 15 is 0 Å². The van der Waals surface area contributed by atoms with Gasteiger partial charge >= 0.3 is 0 Å². The normalized spacial score (nSPS) is 25.2. The van der Waals surface area contributed by atoms with Gasteiger partial charge in [0.15, 0.2) is 0 Å². The highest BCUT2D eigenvalue weighted by atomic mass is 14.4. The van der Waals surface area contributed by atoms with Crippen LogP contribution in [0.5, 0.6) is 0 Å². The number of benzene rings is 2. The fourth-order valence-electron chi connectivity index (χ4n) is 3.87. The predicted molar refractivity (Wildman–Crippen MR) is 119 cm³/mol. The second kappa shape index (κ2) is 8.39. The van der Waals surface area contributed by atoms with E-state index in [0.717, 1.165) is 12.8 Å². The molecule has 0 bridgehead atoms. The molecule has 3 rings (SSSR count). The van der Waals surface area contributed by atoms with Crippen LogP contribution in [0.2, 0.25) is 0 Å². The van der Waals surface area contributed by atoms with Crippen molar-refractivity contribution in [2.24, 2.45) is 5.41 Å². The van der Waals surface area contributed by atoms with E-state index in [0.29, 0.717) is 0 Å². The molecule has 0 N–H and O–H groups in total. The van der Waals surface area contributed by atoms with Crippen LogP contribution in [0.15, 0.2) is 103 Å². The van der Waals surface area contributed by atoms with Crippen LogP contribution in [0.4, 0.5) is 0 Å². The van der Waals surface area contributed by atoms with Gasteiger partial charge in [0.2, 0.25) is 0 Å². The first-order valence-corrected chi connectivity index (χ1v) is 10.00. The Morgan fingerprint density at radius 3 is 2.15 bits per heavy atom. The van der Waals surface area contributed by atoms with Crippen molar-refractivity contribution in [2.45, 2.75) is 39.0 Å². The molecular formula is C27H30. The molecule has 138 valence electrons. The Bertz CT molecular complexity index is 851. The highest BCUT2D eigenvalue weighted by molar-refractivity contribution is 5.79. The molecule has 1 aliphatic rings. The van der Waals surface area contributed by atoms with Crippen molar-refractivity contribution in [3.8, 4) is 0 Å². The first-order chi connectivity index (χ1) is 13.1. The van der Waals surface area contributed by atoms with Crippen LogP contribution >= 0.6 is 0 Å². The molecule has 2 aromatic rings. The van der Waals surface area contributed by atoms with E-state index in [-0.39, 0.29) is 10.8 Å². The summed E-state index contributed by atoms with van der Waals surface area (Å²) in [6.07, 6.45) is 18.7. The van der Waals surface area contributed by atoms with Crippen molar-refractivity contribution in [2.75, 3.05) is 0 Å². The Balaban J connectivity index is 2.18. The van der Waals surface area contributed by atoms with Gasteiger partial charge in [-0.05, 0) is 37.0 Å². The van der Waals surface area contributed by atoms with Crippen molar-refractivity contribution < 1.29 is 0 Å². The lowest BCUT2D eigenvalue weighted by Gasteiger charge is -2.37. The van der Waals surface area contributed by atoms with Gasteiger partial charge in [0.1, 0.15) is 0 Å². The number of rotatable bonds is 6. The van der Waals surface area contributed by atoms with Crippen molar-refractivity contribution in [3.05, 3.63) is 114 Å². The monoisotopic (exact) mass is 354 g/mol. The standard InChI is InChI=1S/C27H30/c1-4-6-13-19-27(18-5-2)21-20-26(3,24-16-11-8-12-17-24)22-25(27)23-14-9-7-10-15-23/h5,7-22H,4,6H2,1-3H3. The third-order valence-electron chi connectivity index (χ3n) is 5.39. The van der Waals surface area contributed by atoms with Gasteiger partial charge in [0, 0.05) is 10.8 Å². The Labute approximate surface area is 164 Å². The minimum atomic E-state index is -0.195. The molecule has 0 aromatic heterocycles. The maximum atomic E-state index is 2.45.